The molecule has 1 saturated heterocycles. The zero-order valence-electron chi connectivity index (χ0n) is 17.9. The molecule has 0 spiro atoms. The standard InChI is InChI=1S/C24H22N2O6/c1-14(2)31-20-10-8-15-6-4-5-7-17(15)18(20)12-19-22(27)26(24(29)25-19)13-16-9-11-21(32-16)23(28)30-3/h4-12,14H,13H2,1-3H3,(H,25,29)/b19-12-. The fraction of sp³-hybridized carbons (Fsp3) is 0.208. The van der Waals surface area contributed by atoms with Crippen molar-refractivity contribution in [2.24, 2.45) is 0 Å². The molecule has 0 bridgehead atoms. The largest absolute Gasteiger partial charge is 0.490 e. The molecule has 3 amide bonds. The molecule has 0 saturated carbocycles. The van der Waals surface area contributed by atoms with Crippen molar-refractivity contribution in [1.82, 2.24) is 10.2 Å². The molecular weight excluding hydrogens is 412 g/mol. The van der Waals surface area contributed by atoms with E-state index in [1.807, 2.05) is 50.2 Å². The van der Waals surface area contributed by atoms with Crippen molar-refractivity contribution in [3.8, 4) is 5.75 Å². The molecule has 1 aliphatic heterocycles. The monoisotopic (exact) mass is 434 g/mol. The normalized spacial score (nSPS) is 15.0. The first-order valence-electron chi connectivity index (χ1n) is 10.1. The summed E-state index contributed by atoms with van der Waals surface area (Å²) in [6.07, 6.45) is 1.56. The van der Waals surface area contributed by atoms with Gasteiger partial charge in [0.1, 0.15) is 17.2 Å². The number of ether oxygens (including phenoxy) is 2. The van der Waals surface area contributed by atoms with Crippen molar-refractivity contribution in [3.05, 3.63) is 71.3 Å². The number of nitrogens with one attached hydrogen (secondary N) is 1. The third-order valence-corrected chi connectivity index (χ3v) is 4.91. The summed E-state index contributed by atoms with van der Waals surface area (Å²) in [6, 6.07) is 13.9. The Bertz CT molecular complexity index is 1240. The minimum atomic E-state index is -0.636. The number of imide groups is 1. The Labute approximate surface area is 184 Å². The number of rotatable bonds is 6. The van der Waals surface area contributed by atoms with Gasteiger partial charge in [-0.3, -0.25) is 9.69 Å². The van der Waals surface area contributed by atoms with E-state index in [4.69, 9.17) is 9.15 Å². The number of carbonyl (C=O) groups is 3. The molecule has 8 heteroatoms. The molecule has 2 heterocycles. The molecule has 0 radical (unpaired) electrons. The molecule has 1 fully saturated rings. The average Bonchev–Trinajstić information content (AvgIpc) is 3.35. The van der Waals surface area contributed by atoms with Gasteiger partial charge in [-0.2, -0.15) is 0 Å². The van der Waals surface area contributed by atoms with E-state index in [2.05, 4.69) is 10.1 Å². The van der Waals surface area contributed by atoms with E-state index in [1.165, 1.54) is 19.2 Å². The summed E-state index contributed by atoms with van der Waals surface area (Å²) in [6.45, 7) is 3.72. The first-order valence-corrected chi connectivity index (χ1v) is 10.1. The number of fused-ring (bicyclic) bond motifs is 1. The summed E-state index contributed by atoms with van der Waals surface area (Å²) < 4.78 is 15.9. The SMILES string of the molecule is COC(=O)c1ccc(CN2C(=O)N/C(=C\c3c(OC(C)C)ccc4ccccc34)C2=O)o1. The van der Waals surface area contributed by atoms with Crippen LogP contribution in [-0.2, 0) is 16.1 Å². The molecule has 0 atom stereocenters. The van der Waals surface area contributed by atoms with Crippen LogP contribution in [0.4, 0.5) is 4.79 Å². The Balaban J connectivity index is 1.66. The van der Waals surface area contributed by atoms with E-state index < -0.39 is 17.9 Å². The van der Waals surface area contributed by atoms with Crippen LogP contribution in [0.3, 0.4) is 0 Å². The molecule has 0 unspecified atom stereocenters. The zero-order valence-corrected chi connectivity index (χ0v) is 17.9. The lowest BCUT2D eigenvalue weighted by molar-refractivity contribution is -0.123. The highest BCUT2D eigenvalue weighted by Gasteiger charge is 2.34. The Morgan fingerprint density at radius 1 is 1.12 bits per heavy atom. The molecule has 3 aromatic rings. The molecular formula is C24H22N2O6. The van der Waals surface area contributed by atoms with Crippen LogP contribution in [-0.4, -0.2) is 36.0 Å². The van der Waals surface area contributed by atoms with Crippen LogP contribution in [0, 0.1) is 0 Å². The summed E-state index contributed by atoms with van der Waals surface area (Å²) >= 11 is 0. The maximum absolute atomic E-state index is 13.0. The molecule has 2 aromatic carbocycles. The van der Waals surface area contributed by atoms with Gasteiger partial charge in [0.05, 0.1) is 19.8 Å². The maximum atomic E-state index is 13.0. The number of esters is 1. The number of methoxy groups -OCH3 is 1. The van der Waals surface area contributed by atoms with Crippen LogP contribution in [0.15, 0.2) is 58.6 Å². The van der Waals surface area contributed by atoms with Gasteiger partial charge in [-0.05, 0) is 48.9 Å². The van der Waals surface area contributed by atoms with Crippen molar-refractivity contribution in [2.75, 3.05) is 7.11 Å². The lowest BCUT2D eigenvalue weighted by atomic mass is 10.0. The number of hydrogen-bond donors (Lipinski definition) is 1. The van der Waals surface area contributed by atoms with Gasteiger partial charge in [0.25, 0.3) is 5.91 Å². The lowest BCUT2D eigenvalue weighted by Crippen LogP contribution is -2.30. The number of hydrogen-bond acceptors (Lipinski definition) is 6. The first kappa shape index (κ1) is 21.2. The fourth-order valence-electron chi connectivity index (χ4n) is 3.47. The maximum Gasteiger partial charge on any atom is 0.373 e. The third kappa shape index (κ3) is 4.07. The molecule has 8 nitrogen and oxygen atoms in total. The number of amides is 3. The quantitative estimate of drug-likeness (QED) is 0.356. The number of nitrogens with zero attached hydrogens (tertiary/aromatic N) is 1. The lowest BCUT2D eigenvalue weighted by Gasteiger charge is -2.15. The van der Waals surface area contributed by atoms with Crippen molar-refractivity contribution in [2.45, 2.75) is 26.5 Å². The molecule has 1 N–H and O–H groups in total. The van der Waals surface area contributed by atoms with Crippen LogP contribution in [0.5, 0.6) is 5.75 Å². The number of carbonyl (C=O) groups excluding carboxylic acids is 3. The fourth-order valence-corrected chi connectivity index (χ4v) is 3.47. The highest BCUT2D eigenvalue weighted by atomic mass is 16.5. The van der Waals surface area contributed by atoms with E-state index in [1.54, 1.807) is 6.08 Å². The van der Waals surface area contributed by atoms with Crippen LogP contribution in [0.1, 0.15) is 35.7 Å². The second-order valence-electron chi connectivity index (χ2n) is 7.50. The minimum Gasteiger partial charge on any atom is -0.490 e. The average molecular weight is 434 g/mol. The number of benzene rings is 2. The van der Waals surface area contributed by atoms with Gasteiger partial charge in [0, 0.05) is 5.56 Å². The van der Waals surface area contributed by atoms with Crippen LogP contribution < -0.4 is 10.1 Å². The second kappa shape index (κ2) is 8.58. The molecule has 1 aliphatic rings. The summed E-state index contributed by atoms with van der Waals surface area (Å²) in [5.41, 5.74) is 0.827. The van der Waals surface area contributed by atoms with E-state index in [0.29, 0.717) is 11.3 Å². The van der Waals surface area contributed by atoms with Crippen LogP contribution in [0.2, 0.25) is 0 Å². The van der Waals surface area contributed by atoms with Gasteiger partial charge in [-0.15, -0.1) is 0 Å². The Morgan fingerprint density at radius 3 is 2.66 bits per heavy atom. The highest BCUT2D eigenvalue weighted by molar-refractivity contribution is 6.14. The van der Waals surface area contributed by atoms with Crippen LogP contribution >= 0.6 is 0 Å². The molecule has 164 valence electrons. The van der Waals surface area contributed by atoms with Gasteiger partial charge in [0.15, 0.2) is 0 Å². The predicted molar refractivity (Wildman–Crippen MR) is 117 cm³/mol. The summed E-state index contributed by atoms with van der Waals surface area (Å²) in [5.74, 6) is -0.252. The zero-order chi connectivity index (χ0) is 22.8. The van der Waals surface area contributed by atoms with E-state index >= 15 is 0 Å². The molecule has 0 aliphatic carbocycles. The molecule has 1 aromatic heterocycles. The number of urea groups is 1. The molecule has 32 heavy (non-hydrogen) atoms. The summed E-state index contributed by atoms with van der Waals surface area (Å²) in [5, 5.41) is 4.50. The molecule has 4 rings (SSSR count). The topological polar surface area (TPSA) is 98.1 Å². The Morgan fingerprint density at radius 2 is 1.91 bits per heavy atom. The van der Waals surface area contributed by atoms with Gasteiger partial charge < -0.3 is 19.2 Å². The van der Waals surface area contributed by atoms with Crippen molar-refractivity contribution >= 4 is 34.8 Å². The third-order valence-electron chi connectivity index (χ3n) is 4.91. The summed E-state index contributed by atoms with van der Waals surface area (Å²) in [4.78, 5) is 38.1. The van der Waals surface area contributed by atoms with Gasteiger partial charge in [0.2, 0.25) is 5.76 Å². The van der Waals surface area contributed by atoms with E-state index in [9.17, 15) is 14.4 Å². The highest BCUT2D eigenvalue weighted by Crippen LogP contribution is 2.32. The predicted octanol–water partition coefficient (Wildman–Crippen LogP) is 4.10. The Kier molecular flexibility index (Phi) is 5.68. The first-order chi connectivity index (χ1) is 15.4. The van der Waals surface area contributed by atoms with E-state index in [-0.39, 0.29) is 29.9 Å². The van der Waals surface area contributed by atoms with Crippen LogP contribution in [0.25, 0.3) is 16.8 Å². The van der Waals surface area contributed by atoms with Gasteiger partial charge >= 0.3 is 12.0 Å². The smallest absolute Gasteiger partial charge is 0.373 e. The Hall–Kier alpha value is -4.07. The number of furan rings is 1. The van der Waals surface area contributed by atoms with E-state index in [0.717, 1.165) is 15.7 Å². The van der Waals surface area contributed by atoms with Crippen molar-refractivity contribution in [1.29, 1.82) is 0 Å². The van der Waals surface area contributed by atoms with Gasteiger partial charge in [-0.25, -0.2) is 9.59 Å². The summed E-state index contributed by atoms with van der Waals surface area (Å²) in [7, 11) is 1.24. The van der Waals surface area contributed by atoms with Crippen molar-refractivity contribution in [3.63, 3.8) is 0 Å². The van der Waals surface area contributed by atoms with Gasteiger partial charge in [-0.1, -0.05) is 30.3 Å². The second-order valence-corrected chi connectivity index (χ2v) is 7.50. The minimum absolute atomic E-state index is 0.00319. The van der Waals surface area contributed by atoms with Crippen molar-refractivity contribution < 1.29 is 28.3 Å².